The summed E-state index contributed by atoms with van der Waals surface area (Å²) in [5, 5.41) is 2.47. The number of nitrogens with one attached hydrogen (secondary N) is 2. The summed E-state index contributed by atoms with van der Waals surface area (Å²) in [4.78, 5) is 25.3. The van der Waals surface area contributed by atoms with Crippen LogP contribution in [-0.4, -0.2) is 10.9 Å². The summed E-state index contributed by atoms with van der Waals surface area (Å²) >= 11 is 0. The van der Waals surface area contributed by atoms with E-state index in [0.29, 0.717) is 5.69 Å². The molecule has 0 aliphatic heterocycles. The zero-order valence-electron chi connectivity index (χ0n) is 9.66. The third kappa shape index (κ3) is 2.63. The molecule has 1 aromatic carbocycles. The molecule has 0 bridgehead atoms. The van der Waals surface area contributed by atoms with E-state index in [-0.39, 0.29) is 11.1 Å². The van der Waals surface area contributed by atoms with Gasteiger partial charge in [0.25, 0.3) is 5.91 Å². The van der Waals surface area contributed by atoms with Crippen molar-refractivity contribution in [3.63, 3.8) is 0 Å². The van der Waals surface area contributed by atoms with Gasteiger partial charge in [0.15, 0.2) is 0 Å². The number of carbonyl (C=O) groups excluding carboxylic acids is 1. The predicted octanol–water partition coefficient (Wildman–Crippen LogP) is 2.07. The second-order valence-corrected chi connectivity index (χ2v) is 3.88. The van der Waals surface area contributed by atoms with E-state index in [1.165, 1.54) is 30.5 Å². The molecular weight excluding hydrogens is 235 g/mol. The molecule has 0 radical (unpaired) electrons. The number of aromatic nitrogens is 1. The number of aryl methyl sites for hydroxylation is 1. The minimum atomic E-state index is -0.594. The molecule has 0 spiro atoms. The van der Waals surface area contributed by atoms with Gasteiger partial charge in [-0.3, -0.25) is 9.59 Å². The highest BCUT2D eigenvalue weighted by Gasteiger charge is 2.11. The van der Waals surface area contributed by atoms with Crippen LogP contribution in [0.25, 0.3) is 0 Å². The fourth-order valence-electron chi connectivity index (χ4n) is 1.53. The molecule has 2 aromatic rings. The molecule has 0 saturated heterocycles. The molecule has 0 saturated carbocycles. The zero-order chi connectivity index (χ0) is 13.1. The largest absolute Gasteiger partial charge is 0.329 e. The van der Waals surface area contributed by atoms with Crippen LogP contribution in [0.15, 0.2) is 41.3 Å². The summed E-state index contributed by atoms with van der Waals surface area (Å²) < 4.78 is 13.5. The number of amides is 1. The number of halogens is 1. The van der Waals surface area contributed by atoms with Crippen LogP contribution in [0, 0.1) is 12.7 Å². The van der Waals surface area contributed by atoms with Crippen LogP contribution in [0.2, 0.25) is 0 Å². The molecule has 1 amide bonds. The third-order valence-corrected chi connectivity index (χ3v) is 2.40. The lowest BCUT2D eigenvalue weighted by molar-refractivity contribution is 0.102. The first kappa shape index (κ1) is 12.0. The van der Waals surface area contributed by atoms with E-state index >= 15 is 0 Å². The van der Waals surface area contributed by atoms with Crippen molar-refractivity contribution < 1.29 is 9.18 Å². The number of H-pyrrole nitrogens is 1. The van der Waals surface area contributed by atoms with Gasteiger partial charge in [-0.1, -0.05) is 11.6 Å². The first-order valence-electron chi connectivity index (χ1n) is 5.32. The molecule has 2 rings (SSSR count). The van der Waals surface area contributed by atoms with Crippen LogP contribution < -0.4 is 10.9 Å². The Labute approximate surface area is 102 Å². The monoisotopic (exact) mass is 246 g/mol. The molecule has 92 valence electrons. The molecular formula is C13H11FN2O2. The lowest BCUT2D eigenvalue weighted by Gasteiger charge is -2.06. The van der Waals surface area contributed by atoms with Gasteiger partial charge in [-0.15, -0.1) is 0 Å². The minimum Gasteiger partial charge on any atom is -0.329 e. The van der Waals surface area contributed by atoms with Gasteiger partial charge in [-0.05, 0) is 25.1 Å². The molecule has 1 heterocycles. The fourth-order valence-corrected chi connectivity index (χ4v) is 1.53. The highest BCUT2D eigenvalue weighted by atomic mass is 19.1. The Hall–Kier alpha value is -2.43. The van der Waals surface area contributed by atoms with Crippen molar-refractivity contribution in [1.29, 1.82) is 0 Å². The number of hydrogen-bond acceptors (Lipinski definition) is 2. The number of pyridine rings is 1. The second kappa shape index (κ2) is 4.83. The quantitative estimate of drug-likeness (QED) is 0.852. The third-order valence-electron chi connectivity index (χ3n) is 2.40. The first-order valence-corrected chi connectivity index (χ1v) is 5.32. The van der Waals surface area contributed by atoms with Crippen molar-refractivity contribution in [2.24, 2.45) is 0 Å². The molecule has 0 unspecified atom stereocenters. The van der Waals surface area contributed by atoms with Crippen LogP contribution in [0.1, 0.15) is 15.9 Å². The molecule has 1 aromatic heterocycles. The van der Waals surface area contributed by atoms with Gasteiger partial charge in [0.05, 0.1) is 5.56 Å². The van der Waals surface area contributed by atoms with E-state index in [0.717, 1.165) is 5.56 Å². The Morgan fingerprint density at radius 1 is 1.28 bits per heavy atom. The summed E-state index contributed by atoms with van der Waals surface area (Å²) in [7, 11) is 0. The highest BCUT2D eigenvalue weighted by molar-refractivity contribution is 6.04. The normalized spacial score (nSPS) is 10.1. The molecule has 4 nitrogen and oxygen atoms in total. The maximum Gasteiger partial charge on any atom is 0.258 e. The van der Waals surface area contributed by atoms with Gasteiger partial charge >= 0.3 is 0 Å². The van der Waals surface area contributed by atoms with E-state index < -0.39 is 11.7 Å². The number of rotatable bonds is 2. The number of anilines is 1. The van der Waals surface area contributed by atoms with Gasteiger partial charge in [0.1, 0.15) is 5.82 Å². The maximum absolute atomic E-state index is 13.5. The Morgan fingerprint density at radius 2 is 2.06 bits per heavy atom. The first-order chi connectivity index (χ1) is 8.56. The Morgan fingerprint density at radius 3 is 2.78 bits per heavy atom. The maximum atomic E-state index is 13.5. The average molecular weight is 246 g/mol. The summed E-state index contributed by atoms with van der Waals surface area (Å²) in [5.74, 6) is -1.18. The number of benzene rings is 1. The van der Waals surface area contributed by atoms with E-state index in [9.17, 15) is 14.0 Å². The Balaban J connectivity index is 2.27. The highest BCUT2D eigenvalue weighted by Crippen LogP contribution is 2.12. The summed E-state index contributed by atoms with van der Waals surface area (Å²) in [6.45, 7) is 1.77. The van der Waals surface area contributed by atoms with Gasteiger partial charge in [0.2, 0.25) is 5.56 Å². The Bertz CT molecular complexity index is 649. The van der Waals surface area contributed by atoms with Gasteiger partial charge in [-0.25, -0.2) is 4.39 Å². The molecule has 2 N–H and O–H groups in total. The van der Waals surface area contributed by atoms with Crippen molar-refractivity contribution in [1.82, 2.24) is 4.98 Å². The van der Waals surface area contributed by atoms with Crippen molar-refractivity contribution in [3.05, 3.63) is 63.8 Å². The van der Waals surface area contributed by atoms with E-state index in [1.54, 1.807) is 13.0 Å². The molecule has 0 fully saturated rings. The van der Waals surface area contributed by atoms with E-state index in [1.807, 2.05) is 0 Å². The summed E-state index contributed by atoms with van der Waals surface area (Å²) in [6.07, 6.45) is 1.41. The minimum absolute atomic E-state index is 0.0460. The van der Waals surface area contributed by atoms with E-state index in [4.69, 9.17) is 0 Å². The summed E-state index contributed by atoms with van der Waals surface area (Å²) in [6, 6.07) is 7.03. The summed E-state index contributed by atoms with van der Waals surface area (Å²) in [5.41, 5.74) is 0.727. The fraction of sp³-hybridized carbons (Fsp3) is 0.0769. The second-order valence-electron chi connectivity index (χ2n) is 3.88. The van der Waals surface area contributed by atoms with Crippen molar-refractivity contribution in [3.8, 4) is 0 Å². The van der Waals surface area contributed by atoms with Crippen molar-refractivity contribution in [2.45, 2.75) is 6.92 Å². The van der Waals surface area contributed by atoms with Crippen LogP contribution in [0.3, 0.4) is 0 Å². The van der Waals surface area contributed by atoms with Crippen LogP contribution >= 0.6 is 0 Å². The average Bonchev–Trinajstić information content (AvgIpc) is 2.32. The Kier molecular flexibility index (Phi) is 3.23. The number of aromatic amines is 1. The van der Waals surface area contributed by atoms with Crippen LogP contribution in [0.4, 0.5) is 10.1 Å². The number of hydrogen-bond donors (Lipinski definition) is 2. The molecule has 0 aliphatic rings. The van der Waals surface area contributed by atoms with Gasteiger partial charge < -0.3 is 10.3 Å². The molecule has 0 aliphatic carbocycles. The van der Waals surface area contributed by atoms with Crippen molar-refractivity contribution in [2.75, 3.05) is 5.32 Å². The molecule has 5 heteroatoms. The van der Waals surface area contributed by atoms with Crippen LogP contribution in [0.5, 0.6) is 0 Å². The van der Waals surface area contributed by atoms with Crippen molar-refractivity contribution >= 4 is 11.6 Å². The molecule has 18 heavy (non-hydrogen) atoms. The standard InChI is InChI=1S/C13H11FN2O2/c1-8-2-3-11(14)10(6-8)13(18)16-9-4-5-15-12(17)7-9/h2-7H,1H3,(H2,15,16,17,18). The predicted molar refractivity (Wildman–Crippen MR) is 66.2 cm³/mol. The number of carbonyl (C=O) groups is 1. The molecule has 0 atom stereocenters. The van der Waals surface area contributed by atoms with Crippen LogP contribution in [-0.2, 0) is 0 Å². The lowest BCUT2D eigenvalue weighted by atomic mass is 10.1. The zero-order valence-corrected chi connectivity index (χ0v) is 9.66. The topological polar surface area (TPSA) is 62.0 Å². The van der Waals surface area contributed by atoms with Gasteiger partial charge in [-0.2, -0.15) is 0 Å². The smallest absolute Gasteiger partial charge is 0.258 e. The van der Waals surface area contributed by atoms with E-state index in [2.05, 4.69) is 10.3 Å². The lowest BCUT2D eigenvalue weighted by Crippen LogP contribution is -2.15. The SMILES string of the molecule is Cc1ccc(F)c(C(=O)Nc2cc[nH]c(=O)c2)c1. The van der Waals surface area contributed by atoms with Gasteiger partial charge in [0, 0.05) is 18.0 Å².